The molecule has 0 bridgehead atoms. The summed E-state index contributed by atoms with van der Waals surface area (Å²) in [5, 5.41) is 2.93. The van der Waals surface area contributed by atoms with E-state index < -0.39 is 0 Å². The molecule has 0 spiro atoms. The number of rotatable bonds is 4. The number of hydrogen-bond donors (Lipinski definition) is 1. The van der Waals surface area contributed by atoms with E-state index >= 15 is 0 Å². The summed E-state index contributed by atoms with van der Waals surface area (Å²) in [6, 6.07) is 17.3. The Hall–Kier alpha value is -3.22. The van der Waals surface area contributed by atoms with Crippen LogP contribution in [0.1, 0.15) is 12.8 Å². The maximum absolute atomic E-state index is 13.2. The van der Waals surface area contributed by atoms with Crippen LogP contribution >= 0.6 is 0 Å². The van der Waals surface area contributed by atoms with Gasteiger partial charge in [0.1, 0.15) is 5.75 Å². The van der Waals surface area contributed by atoms with Crippen LogP contribution in [0.3, 0.4) is 0 Å². The molecule has 2 aliphatic heterocycles. The number of carbonyl (C=O) groups is 2. The number of hydrogen-bond acceptors (Lipinski definition) is 4. The first-order valence-electron chi connectivity index (χ1n) is 10.9. The summed E-state index contributed by atoms with van der Waals surface area (Å²) in [6.45, 7) is 4.08. The third-order valence-electron chi connectivity index (χ3n) is 6.10. The van der Waals surface area contributed by atoms with Crippen LogP contribution in [0.5, 0.6) is 5.75 Å². The largest absolute Gasteiger partial charge is 0.495 e. The molecule has 7 nitrogen and oxygen atoms in total. The fourth-order valence-corrected chi connectivity index (χ4v) is 4.40. The van der Waals surface area contributed by atoms with Crippen LogP contribution in [-0.4, -0.2) is 68.1 Å². The van der Waals surface area contributed by atoms with E-state index in [1.54, 1.807) is 12.0 Å². The first-order chi connectivity index (χ1) is 15.2. The standard InChI is InChI=1S/C24H30N4O3/c1-31-22-12-6-5-11-21(22)26-14-16-27(17-15-26)23(29)19-8-7-13-28(18-19)24(30)25-20-9-3-2-4-10-20/h2-6,9-12,19H,7-8,13-18H2,1H3,(H,25,30)/t19-/m1/s1. The number of urea groups is 1. The van der Waals surface area contributed by atoms with Crippen LogP contribution in [0.4, 0.5) is 16.2 Å². The Morgan fingerprint density at radius 1 is 0.903 bits per heavy atom. The molecule has 2 heterocycles. The second-order valence-electron chi connectivity index (χ2n) is 8.07. The number of anilines is 2. The van der Waals surface area contributed by atoms with Crippen molar-refractivity contribution in [2.45, 2.75) is 12.8 Å². The molecule has 2 saturated heterocycles. The van der Waals surface area contributed by atoms with Crippen molar-refractivity contribution in [1.82, 2.24) is 9.80 Å². The number of ether oxygens (including phenoxy) is 1. The fraction of sp³-hybridized carbons (Fsp3) is 0.417. The minimum atomic E-state index is -0.135. The van der Waals surface area contributed by atoms with Gasteiger partial charge in [-0.05, 0) is 37.1 Å². The molecule has 2 fully saturated rings. The number of methoxy groups -OCH3 is 1. The van der Waals surface area contributed by atoms with Crippen molar-refractivity contribution in [3.05, 3.63) is 54.6 Å². The maximum Gasteiger partial charge on any atom is 0.321 e. The first kappa shape index (κ1) is 21.0. The summed E-state index contributed by atoms with van der Waals surface area (Å²) in [5.41, 5.74) is 1.84. The summed E-state index contributed by atoms with van der Waals surface area (Å²) in [6.07, 6.45) is 1.68. The first-order valence-corrected chi connectivity index (χ1v) is 10.9. The molecule has 0 aliphatic carbocycles. The molecule has 2 aromatic rings. The van der Waals surface area contributed by atoms with Gasteiger partial charge in [0.15, 0.2) is 0 Å². The van der Waals surface area contributed by atoms with E-state index in [4.69, 9.17) is 4.74 Å². The number of benzene rings is 2. The molecule has 0 unspecified atom stereocenters. The molecule has 7 heteroatoms. The van der Waals surface area contributed by atoms with Crippen molar-refractivity contribution in [2.24, 2.45) is 5.92 Å². The van der Waals surface area contributed by atoms with Crippen LogP contribution in [0, 0.1) is 5.92 Å². The highest BCUT2D eigenvalue weighted by molar-refractivity contribution is 5.90. The third-order valence-corrected chi connectivity index (χ3v) is 6.10. The molecule has 0 radical (unpaired) electrons. The summed E-state index contributed by atoms with van der Waals surface area (Å²) < 4.78 is 5.48. The van der Waals surface area contributed by atoms with Crippen molar-refractivity contribution in [2.75, 3.05) is 56.6 Å². The smallest absolute Gasteiger partial charge is 0.321 e. The van der Waals surface area contributed by atoms with Crippen molar-refractivity contribution >= 4 is 23.3 Å². The zero-order valence-corrected chi connectivity index (χ0v) is 18.0. The van der Waals surface area contributed by atoms with E-state index in [0.29, 0.717) is 26.2 Å². The molecule has 1 atom stereocenters. The average Bonchev–Trinajstić information content (AvgIpc) is 2.84. The van der Waals surface area contributed by atoms with Gasteiger partial charge in [0.05, 0.1) is 18.7 Å². The van der Waals surface area contributed by atoms with Crippen LogP contribution in [-0.2, 0) is 4.79 Å². The highest BCUT2D eigenvalue weighted by Crippen LogP contribution is 2.29. The number of piperidine rings is 1. The van der Waals surface area contributed by atoms with Crippen LogP contribution in [0.2, 0.25) is 0 Å². The summed E-state index contributed by atoms with van der Waals surface area (Å²) in [7, 11) is 1.68. The summed E-state index contributed by atoms with van der Waals surface area (Å²) in [5.74, 6) is 0.889. The molecule has 2 aliphatic rings. The minimum Gasteiger partial charge on any atom is -0.495 e. The molecular formula is C24H30N4O3. The Bertz CT molecular complexity index is 897. The Balaban J connectivity index is 1.32. The normalized spacial score (nSPS) is 19.1. The SMILES string of the molecule is COc1ccccc1N1CCN(C(=O)[C@@H]2CCCN(C(=O)Nc3ccccc3)C2)CC1. The number of carbonyl (C=O) groups excluding carboxylic acids is 2. The summed E-state index contributed by atoms with van der Waals surface area (Å²) in [4.78, 5) is 31.8. The molecule has 31 heavy (non-hydrogen) atoms. The van der Waals surface area contributed by atoms with Crippen molar-refractivity contribution in [3.8, 4) is 5.75 Å². The number of nitrogens with zero attached hydrogens (tertiary/aromatic N) is 3. The zero-order chi connectivity index (χ0) is 21.6. The highest BCUT2D eigenvalue weighted by Gasteiger charge is 2.33. The average molecular weight is 423 g/mol. The lowest BCUT2D eigenvalue weighted by Crippen LogP contribution is -2.53. The van der Waals surface area contributed by atoms with E-state index in [1.165, 1.54) is 0 Å². The Labute approximate surface area is 183 Å². The molecule has 164 valence electrons. The monoisotopic (exact) mass is 422 g/mol. The van der Waals surface area contributed by atoms with Gasteiger partial charge in [0, 0.05) is 45.0 Å². The van der Waals surface area contributed by atoms with Crippen LogP contribution < -0.4 is 15.0 Å². The van der Waals surface area contributed by atoms with E-state index in [9.17, 15) is 9.59 Å². The van der Waals surface area contributed by atoms with E-state index in [0.717, 1.165) is 43.1 Å². The van der Waals surface area contributed by atoms with Gasteiger partial charge in [-0.15, -0.1) is 0 Å². The molecular weight excluding hydrogens is 392 g/mol. The number of amides is 3. The summed E-state index contributed by atoms with van der Waals surface area (Å²) >= 11 is 0. The lowest BCUT2D eigenvalue weighted by Gasteiger charge is -2.40. The number of nitrogens with one attached hydrogen (secondary N) is 1. The topological polar surface area (TPSA) is 65.1 Å². The number of piperazine rings is 1. The van der Waals surface area contributed by atoms with Gasteiger partial charge in [0.2, 0.25) is 5.91 Å². The lowest BCUT2D eigenvalue weighted by molar-refractivity contribution is -0.137. The second-order valence-corrected chi connectivity index (χ2v) is 8.07. The molecule has 1 N–H and O–H groups in total. The van der Waals surface area contributed by atoms with Gasteiger partial charge >= 0.3 is 6.03 Å². The highest BCUT2D eigenvalue weighted by atomic mass is 16.5. The Morgan fingerprint density at radius 2 is 1.61 bits per heavy atom. The lowest BCUT2D eigenvalue weighted by atomic mass is 9.96. The van der Waals surface area contributed by atoms with Gasteiger partial charge in [-0.25, -0.2) is 4.79 Å². The van der Waals surface area contributed by atoms with Gasteiger partial charge in [-0.3, -0.25) is 4.79 Å². The van der Waals surface area contributed by atoms with Gasteiger partial charge in [-0.1, -0.05) is 30.3 Å². The van der Waals surface area contributed by atoms with Gasteiger partial charge in [0.25, 0.3) is 0 Å². The van der Waals surface area contributed by atoms with Crippen LogP contribution in [0.25, 0.3) is 0 Å². The zero-order valence-electron chi connectivity index (χ0n) is 18.0. The number of likely N-dealkylation sites (tertiary alicyclic amines) is 1. The molecule has 2 aromatic carbocycles. The van der Waals surface area contributed by atoms with E-state index in [-0.39, 0.29) is 17.9 Å². The Morgan fingerprint density at radius 3 is 2.35 bits per heavy atom. The quantitative estimate of drug-likeness (QED) is 0.821. The van der Waals surface area contributed by atoms with Gasteiger partial charge in [-0.2, -0.15) is 0 Å². The minimum absolute atomic E-state index is 0.131. The Kier molecular flexibility index (Phi) is 6.60. The van der Waals surface area contributed by atoms with Crippen molar-refractivity contribution < 1.29 is 14.3 Å². The molecule has 3 amide bonds. The second kappa shape index (κ2) is 9.73. The van der Waals surface area contributed by atoms with Crippen LogP contribution in [0.15, 0.2) is 54.6 Å². The third kappa shape index (κ3) is 4.93. The molecule has 4 rings (SSSR count). The van der Waals surface area contributed by atoms with E-state index in [1.807, 2.05) is 53.4 Å². The maximum atomic E-state index is 13.2. The van der Waals surface area contributed by atoms with Crippen molar-refractivity contribution in [1.29, 1.82) is 0 Å². The fourth-order valence-electron chi connectivity index (χ4n) is 4.40. The van der Waals surface area contributed by atoms with Crippen molar-refractivity contribution in [3.63, 3.8) is 0 Å². The molecule has 0 saturated carbocycles. The van der Waals surface area contributed by atoms with Gasteiger partial charge < -0.3 is 24.8 Å². The molecule has 0 aromatic heterocycles. The number of para-hydroxylation sites is 3. The predicted molar refractivity (Wildman–Crippen MR) is 122 cm³/mol. The predicted octanol–water partition coefficient (Wildman–Crippen LogP) is 3.29. The van der Waals surface area contributed by atoms with E-state index in [2.05, 4.69) is 16.3 Å².